The lowest BCUT2D eigenvalue weighted by molar-refractivity contribution is 1.70. The summed E-state index contributed by atoms with van der Waals surface area (Å²) >= 11 is 3.41. The molecule has 0 aliphatic heterocycles. The van der Waals surface area contributed by atoms with Gasteiger partial charge in [0.1, 0.15) is 0 Å². The third kappa shape index (κ3) is 1.29. The zero-order valence-corrected chi connectivity index (χ0v) is 7.43. The van der Waals surface area contributed by atoms with Crippen LogP contribution in [-0.4, -0.2) is 0 Å². The van der Waals surface area contributed by atoms with Gasteiger partial charge < -0.3 is 0 Å². The maximum absolute atomic E-state index is 3.41. The van der Waals surface area contributed by atoms with Crippen LogP contribution in [0.25, 0.3) is 10.8 Å². The highest BCUT2D eigenvalue weighted by Crippen LogP contribution is 2.18. The van der Waals surface area contributed by atoms with Gasteiger partial charge in [0, 0.05) is 4.47 Å². The molecule has 0 amide bonds. The Bertz CT molecular complexity index is 379. The van der Waals surface area contributed by atoms with E-state index < -0.39 is 0 Å². The number of benzene rings is 2. The van der Waals surface area contributed by atoms with Gasteiger partial charge in [0.05, 0.1) is 0 Å². The summed E-state index contributed by atoms with van der Waals surface area (Å²) in [6.07, 6.45) is 0. The number of hydrogen-bond acceptors (Lipinski definition) is 0. The van der Waals surface area contributed by atoms with Crippen LogP contribution < -0.4 is 0 Å². The van der Waals surface area contributed by atoms with Gasteiger partial charge in [-0.1, -0.05) is 40.2 Å². The highest BCUT2D eigenvalue weighted by atomic mass is 79.9. The minimum atomic E-state index is 1.10. The minimum absolute atomic E-state index is 1.10. The van der Waals surface area contributed by atoms with E-state index in [2.05, 4.69) is 40.2 Å². The van der Waals surface area contributed by atoms with Crippen LogP contribution in [0.5, 0.6) is 0 Å². The van der Waals surface area contributed by atoms with Crippen molar-refractivity contribution >= 4 is 26.7 Å². The second-order valence-electron chi connectivity index (χ2n) is 2.40. The smallest absolute Gasteiger partial charge is 0.0181 e. The molecule has 11 heavy (non-hydrogen) atoms. The van der Waals surface area contributed by atoms with Gasteiger partial charge in [0.2, 0.25) is 0 Å². The Morgan fingerprint density at radius 2 is 2.09 bits per heavy atom. The summed E-state index contributed by atoms with van der Waals surface area (Å²) in [4.78, 5) is 0. The zero-order chi connectivity index (χ0) is 7.68. The van der Waals surface area contributed by atoms with Crippen molar-refractivity contribution in [3.63, 3.8) is 0 Å². The molecule has 0 aliphatic carbocycles. The van der Waals surface area contributed by atoms with E-state index in [0.29, 0.717) is 0 Å². The molecular weight excluding hydrogens is 200 g/mol. The van der Waals surface area contributed by atoms with Crippen LogP contribution in [-0.2, 0) is 0 Å². The van der Waals surface area contributed by atoms with Crippen LogP contribution in [0.1, 0.15) is 0 Å². The molecule has 1 radical (unpaired) electrons. The number of rotatable bonds is 0. The average Bonchev–Trinajstić information content (AvgIpc) is 2.04. The molecule has 0 unspecified atom stereocenters. The predicted octanol–water partition coefficient (Wildman–Crippen LogP) is 3.40. The largest absolute Gasteiger partial charge is 0.0610 e. The Morgan fingerprint density at radius 3 is 3.00 bits per heavy atom. The van der Waals surface area contributed by atoms with Crippen molar-refractivity contribution in [3.05, 3.63) is 46.9 Å². The summed E-state index contributed by atoms with van der Waals surface area (Å²) in [5.74, 6) is 0. The predicted molar refractivity (Wildman–Crippen MR) is 50.5 cm³/mol. The lowest BCUT2D eigenvalue weighted by Gasteiger charge is -1.95. The first kappa shape index (κ1) is 6.86. The van der Waals surface area contributed by atoms with Crippen molar-refractivity contribution in [2.75, 3.05) is 0 Å². The Hall–Kier alpha value is -0.820. The van der Waals surface area contributed by atoms with Crippen molar-refractivity contribution in [3.8, 4) is 0 Å². The number of fused-ring (bicyclic) bond motifs is 1. The van der Waals surface area contributed by atoms with Gasteiger partial charge in [-0.15, -0.1) is 0 Å². The quantitative estimate of drug-likeness (QED) is 0.619. The molecule has 2 rings (SSSR count). The first-order valence-electron chi connectivity index (χ1n) is 3.42. The fourth-order valence-corrected chi connectivity index (χ4v) is 1.45. The molecule has 1 heteroatoms. The number of halogens is 1. The fourth-order valence-electron chi connectivity index (χ4n) is 1.09. The van der Waals surface area contributed by atoms with E-state index in [1.54, 1.807) is 0 Å². The van der Waals surface area contributed by atoms with E-state index in [9.17, 15) is 0 Å². The van der Waals surface area contributed by atoms with Crippen LogP contribution in [0.4, 0.5) is 0 Å². The average molecular weight is 206 g/mol. The SMILES string of the molecule is Brc1ccc2ccc[c]c2c1. The molecule has 0 saturated heterocycles. The summed E-state index contributed by atoms with van der Waals surface area (Å²) in [5.41, 5.74) is 0. The van der Waals surface area contributed by atoms with E-state index in [4.69, 9.17) is 0 Å². The molecular formula is C10H6Br. The van der Waals surface area contributed by atoms with Gasteiger partial charge in [-0.25, -0.2) is 0 Å². The normalized spacial score (nSPS) is 10.3. The third-order valence-corrected chi connectivity index (χ3v) is 2.12. The van der Waals surface area contributed by atoms with Gasteiger partial charge in [0.15, 0.2) is 0 Å². The second-order valence-corrected chi connectivity index (χ2v) is 3.32. The molecule has 0 heterocycles. The van der Waals surface area contributed by atoms with Crippen molar-refractivity contribution in [1.82, 2.24) is 0 Å². The van der Waals surface area contributed by atoms with Gasteiger partial charge in [0.25, 0.3) is 0 Å². The van der Waals surface area contributed by atoms with Gasteiger partial charge in [-0.3, -0.25) is 0 Å². The summed E-state index contributed by atoms with van der Waals surface area (Å²) in [6.45, 7) is 0. The maximum Gasteiger partial charge on any atom is 0.0181 e. The Balaban J connectivity index is 2.83. The van der Waals surface area contributed by atoms with E-state index >= 15 is 0 Å². The summed E-state index contributed by atoms with van der Waals surface area (Å²) < 4.78 is 1.10. The molecule has 0 N–H and O–H groups in total. The number of hydrogen-bond donors (Lipinski definition) is 0. The molecule has 0 saturated carbocycles. The van der Waals surface area contributed by atoms with Crippen molar-refractivity contribution in [2.45, 2.75) is 0 Å². The van der Waals surface area contributed by atoms with E-state index in [0.717, 1.165) is 9.86 Å². The van der Waals surface area contributed by atoms with E-state index in [-0.39, 0.29) is 0 Å². The van der Waals surface area contributed by atoms with Gasteiger partial charge >= 0.3 is 0 Å². The van der Waals surface area contributed by atoms with Crippen LogP contribution >= 0.6 is 15.9 Å². The molecule has 0 aliphatic rings. The first-order chi connectivity index (χ1) is 5.36. The Morgan fingerprint density at radius 1 is 1.18 bits per heavy atom. The lowest BCUT2D eigenvalue weighted by atomic mass is 10.1. The Kier molecular flexibility index (Phi) is 1.66. The van der Waals surface area contributed by atoms with E-state index in [1.165, 1.54) is 5.39 Å². The molecule has 2 aromatic carbocycles. The van der Waals surface area contributed by atoms with Gasteiger partial charge in [-0.2, -0.15) is 0 Å². The molecule has 0 nitrogen and oxygen atoms in total. The summed E-state index contributed by atoms with van der Waals surface area (Å²) in [6, 6.07) is 15.3. The highest BCUT2D eigenvalue weighted by molar-refractivity contribution is 9.10. The van der Waals surface area contributed by atoms with Crippen molar-refractivity contribution in [1.29, 1.82) is 0 Å². The summed E-state index contributed by atoms with van der Waals surface area (Å²) in [7, 11) is 0. The minimum Gasteiger partial charge on any atom is -0.0610 e. The van der Waals surface area contributed by atoms with Crippen molar-refractivity contribution < 1.29 is 0 Å². The second kappa shape index (κ2) is 2.67. The lowest BCUT2D eigenvalue weighted by Crippen LogP contribution is -1.70. The standard InChI is InChI=1S/C10H6Br/c11-10-6-5-8-3-1-2-4-9(8)7-10/h1-3,5-7H. The molecule has 0 aromatic heterocycles. The van der Waals surface area contributed by atoms with Gasteiger partial charge in [-0.05, 0) is 29.0 Å². The molecule has 0 bridgehead atoms. The zero-order valence-electron chi connectivity index (χ0n) is 5.84. The molecule has 53 valence electrons. The Labute approximate surface area is 74.0 Å². The molecule has 0 spiro atoms. The van der Waals surface area contributed by atoms with Crippen LogP contribution in [0, 0.1) is 6.07 Å². The fraction of sp³-hybridized carbons (Fsp3) is 0. The molecule has 2 aromatic rings. The third-order valence-electron chi connectivity index (χ3n) is 1.63. The molecule has 0 atom stereocenters. The van der Waals surface area contributed by atoms with Crippen LogP contribution in [0.2, 0.25) is 0 Å². The first-order valence-corrected chi connectivity index (χ1v) is 4.21. The maximum atomic E-state index is 3.41. The van der Waals surface area contributed by atoms with E-state index in [1.807, 2.05) is 18.2 Å². The van der Waals surface area contributed by atoms with Crippen molar-refractivity contribution in [2.24, 2.45) is 0 Å². The van der Waals surface area contributed by atoms with Crippen LogP contribution in [0.3, 0.4) is 0 Å². The van der Waals surface area contributed by atoms with Crippen LogP contribution in [0.15, 0.2) is 40.9 Å². The monoisotopic (exact) mass is 205 g/mol. The topological polar surface area (TPSA) is 0 Å². The highest BCUT2D eigenvalue weighted by Gasteiger charge is 1.91. The molecule has 0 fully saturated rings. The summed E-state index contributed by atoms with van der Waals surface area (Å²) in [5, 5.41) is 2.39.